The van der Waals surface area contributed by atoms with Crippen molar-refractivity contribution in [3.8, 4) is 0 Å². The van der Waals surface area contributed by atoms with Crippen molar-refractivity contribution in [2.24, 2.45) is 0 Å². The highest BCUT2D eigenvalue weighted by atomic mass is 79.9. The molecule has 0 bridgehead atoms. The monoisotopic (exact) mass is 398 g/mol. The molecule has 0 heterocycles. The van der Waals surface area contributed by atoms with Gasteiger partial charge >= 0.3 is 0 Å². The Balaban J connectivity index is 2.16. The first-order valence-electron chi connectivity index (χ1n) is 8.16. The Kier molecular flexibility index (Phi) is 4.89. The van der Waals surface area contributed by atoms with Crippen LogP contribution >= 0.6 is 23.3 Å². The van der Waals surface area contributed by atoms with Gasteiger partial charge < -0.3 is 0 Å². The largest absolute Gasteiger partial charge is 0.101 e. The quantitative estimate of drug-likeness (QED) is 0.426. The molecular weight excluding hydrogens is 376 g/mol. The summed E-state index contributed by atoms with van der Waals surface area (Å²) in [7, 11) is -1.42. The third kappa shape index (κ3) is 3.31. The van der Waals surface area contributed by atoms with Gasteiger partial charge in [0.25, 0.3) is 0 Å². The first kappa shape index (κ1) is 17.3. The molecular formula is C22H23BrS. The Hall–Kier alpha value is -1.51. The van der Waals surface area contributed by atoms with E-state index in [1.54, 1.807) is 0 Å². The van der Waals surface area contributed by atoms with Crippen LogP contribution in [-0.4, -0.2) is 0 Å². The number of hydrogen-bond acceptors (Lipinski definition) is 0. The van der Waals surface area contributed by atoms with Crippen LogP contribution < -0.4 is 0 Å². The second-order valence-corrected chi connectivity index (χ2v) is 12.3. The normalized spacial score (nSPS) is 12.8. The molecule has 3 aromatic rings. The van der Waals surface area contributed by atoms with Gasteiger partial charge in [0.2, 0.25) is 0 Å². The van der Waals surface area contributed by atoms with Crippen molar-refractivity contribution < 1.29 is 0 Å². The van der Waals surface area contributed by atoms with Crippen molar-refractivity contribution in [3.63, 3.8) is 0 Å². The zero-order chi connectivity index (χ0) is 17.2. The minimum Gasteiger partial charge on any atom is -0.101 e. The van der Waals surface area contributed by atoms with Gasteiger partial charge in [-0.3, -0.25) is 0 Å². The fourth-order valence-corrected chi connectivity index (χ4v) is 7.10. The van der Waals surface area contributed by atoms with Crippen LogP contribution in [0.2, 0.25) is 0 Å². The van der Waals surface area contributed by atoms with E-state index in [1.807, 2.05) is 0 Å². The number of halogens is 1. The lowest BCUT2D eigenvalue weighted by molar-refractivity contribution is 0.589. The minimum absolute atomic E-state index is 0.169. The topological polar surface area (TPSA) is 0 Å². The van der Waals surface area contributed by atoms with Crippen LogP contribution in [0.25, 0.3) is 0 Å². The molecule has 24 heavy (non-hydrogen) atoms. The van der Waals surface area contributed by atoms with Gasteiger partial charge in [-0.25, -0.2) is 0 Å². The summed E-state index contributed by atoms with van der Waals surface area (Å²) in [6.07, 6.45) is 0. The maximum atomic E-state index is 4.17. The van der Waals surface area contributed by atoms with E-state index in [1.165, 1.54) is 20.2 Å². The summed E-state index contributed by atoms with van der Waals surface area (Å²) in [5.41, 5.74) is 1.53. The van der Waals surface area contributed by atoms with E-state index >= 15 is 0 Å². The van der Waals surface area contributed by atoms with Crippen molar-refractivity contribution in [1.82, 2.24) is 0 Å². The van der Waals surface area contributed by atoms with Gasteiger partial charge in [0, 0.05) is 14.7 Å². The molecule has 0 aliphatic heterocycles. The third-order valence-corrected chi connectivity index (χ3v) is 10.3. The first-order chi connectivity index (χ1) is 11.4. The summed E-state index contributed by atoms with van der Waals surface area (Å²) in [4.78, 5) is 3.97. The van der Waals surface area contributed by atoms with Crippen molar-refractivity contribution in [2.75, 3.05) is 0 Å². The number of rotatable bonds is 3. The molecule has 3 aromatic carbocycles. The van der Waals surface area contributed by atoms with E-state index in [0.29, 0.717) is 0 Å². The Morgan fingerprint density at radius 3 is 1.33 bits per heavy atom. The Labute approximate surface area is 154 Å². The smallest absolute Gasteiger partial charge is 0.00785 e. The van der Waals surface area contributed by atoms with Crippen molar-refractivity contribution in [2.45, 2.75) is 40.9 Å². The SMILES string of the molecule is CC(C)(C)c1ccc(S(Br)(c2ccccc2)c2ccccc2)cc1. The minimum atomic E-state index is -1.42. The van der Waals surface area contributed by atoms with E-state index < -0.39 is 8.46 Å². The number of benzene rings is 3. The molecule has 3 rings (SSSR count). The fraction of sp³-hybridized carbons (Fsp3) is 0.182. The van der Waals surface area contributed by atoms with Crippen molar-refractivity contribution in [3.05, 3.63) is 90.5 Å². The predicted octanol–water partition coefficient (Wildman–Crippen LogP) is 7.58. The molecule has 0 atom stereocenters. The van der Waals surface area contributed by atoms with Crippen LogP contribution in [0.4, 0.5) is 0 Å². The molecule has 0 radical (unpaired) electrons. The third-order valence-electron chi connectivity index (χ3n) is 4.18. The number of hydrogen-bond donors (Lipinski definition) is 0. The molecule has 124 valence electrons. The summed E-state index contributed by atoms with van der Waals surface area (Å²) in [6, 6.07) is 30.6. The molecule has 0 aromatic heterocycles. The highest BCUT2D eigenvalue weighted by Crippen LogP contribution is 2.73. The Bertz CT molecular complexity index is 747. The Morgan fingerprint density at radius 2 is 0.958 bits per heavy atom. The molecule has 2 heteroatoms. The summed E-state index contributed by atoms with van der Waals surface area (Å²) in [5, 5.41) is 0. The second-order valence-electron chi connectivity index (χ2n) is 6.94. The van der Waals surface area contributed by atoms with Crippen LogP contribution in [0.3, 0.4) is 0 Å². The van der Waals surface area contributed by atoms with Crippen molar-refractivity contribution in [1.29, 1.82) is 0 Å². The molecule has 0 amide bonds. The van der Waals surface area contributed by atoms with Gasteiger partial charge in [0.1, 0.15) is 0 Å². The van der Waals surface area contributed by atoms with Gasteiger partial charge in [0.05, 0.1) is 0 Å². The summed E-state index contributed by atoms with van der Waals surface area (Å²) in [5.74, 6) is 0. The first-order valence-corrected chi connectivity index (χ1v) is 11.6. The summed E-state index contributed by atoms with van der Waals surface area (Å²) < 4.78 is 0. The lowest BCUT2D eigenvalue weighted by Crippen LogP contribution is -2.10. The van der Waals surface area contributed by atoms with E-state index in [0.717, 1.165) is 0 Å². The highest BCUT2D eigenvalue weighted by Gasteiger charge is 2.28. The van der Waals surface area contributed by atoms with Crippen LogP contribution in [0.15, 0.2) is 99.6 Å². The molecule has 0 saturated heterocycles. The zero-order valence-electron chi connectivity index (χ0n) is 14.4. The molecule has 0 aliphatic rings. The lowest BCUT2D eigenvalue weighted by Gasteiger charge is -2.35. The van der Waals surface area contributed by atoms with Crippen LogP contribution in [-0.2, 0) is 5.41 Å². The van der Waals surface area contributed by atoms with Gasteiger partial charge in [-0.05, 0) is 62.2 Å². The lowest BCUT2D eigenvalue weighted by atomic mass is 9.87. The predicted molar refractivity (Wildman–Crippen MR) is 109 cm³/mol. The van der Waals surface area contributed by atoms with Gasteiger partial charge in [-0.1, -0.05) is 69.3 Å². The Morgan fingerprint density at radius 1 is 0.583 bits per heavy atom. The molecule has 0 spiro atoms. The van der Waals surface area contributed by atoms with Crippen LogP contribution in [0.5, 0.6) is 0 Å². The average Bonchev–Trinajstić information content (AvgIpc) is 2.62. The molecule has 0 aliphatic carbocycles. The van der Waals surface area contributed by atoms with Gasteiger partial charge in [0.15, 0.2) is 0 Å². The maximum Gasteiger partial charge on any atom is 0.00785 e. The fourth-order valence-electron chi connectivity index (χ4n) is 2.77. The second kappa shape index (κ2) is 6.78. The molecule has 0 nitrogen and oxygen atoms in total. The molecule has 0 unspecified atom stereocenters. The van der Waals surface area contributed by atoms with Gasteiger partial charge in [-0.2, -0.15) is 0 Å². The average molecular weight is 399 g/mol. The molecule has 0 N–H and O–H groups in total. The summed E-state index contributed by atoms with van der Waals surface area (Å²) >= 11 is 4.17. The standard InChI is InChI=1S/C22H23BrS/c1-22(2,3)18-14-16-21(17-15-18)24(23,19-10-6-4-7-11-19)20-12-8-5-9-13-20/h4-17H,1-3H3. The molecule has 0 fully saturated rings. The van der Waals surface area contributed by atoms with Crippen LogP contribution in [0.1, 0.15) is 26.3 Å². The highest BCUT2D eigenvalue weighted by molar-refractivity contribution is 9.58. The van der Waals surface area contributed by atoms with Crippen LogP contribution in [0, 0.1) is 0 Å². The van der Waals surface area contributed by atoms with E-state index in [2.05, 4.69) is 121 Å². The van der Waals surface area contributed by atoms with E-state index in [4.69, 9.17) is 0 Å². The molecule has 0 saturated carbocycles. The van der Waals surface area contributed by atoms with E-state index in [9.17, 15) is 0 Å². The van der Waals surface area contributed by atoms with Crippen molar-refractivity contribution >= 4 is 23.3 Å². The summed E-state index contributed by atoms with van der Waals surface area (Å²) in [6.45, 7) is 6.76. The van der Waals surface area contributed by atoms with E-state index in [-0.39, 0.29) is 5.41 Å². The van der Waals surface area contributed by atoms with Gasteiger partial charge in [-0.15, -0.1) is 8.46 Å². The maximum absolute atomic E-state index is 4.17. The zero-order valence-corrected chi connectivity index (χ0v) is 16.8.